The Kier molecular flexibility index (Phi) is 6.53. The number of benzene rings is 2. The SMILES string of the molecule is Cc1cccc(S(=O)(=O)N2C[C@H](CCC(=O)O)Oc3ccc(C=C4CCOCC4)cc32)c1. The number of hydrogen-bond donors (Lipinski definition) is 1. The van der Waals surface area contributed by atoms with Crippen molar-refractivity contribution in [2.45, 2.75) is 43.6 Å². The zero-order valence-electron chi connectivity index (χ0n) is 18.0. The van der Waals surface area contributed by atoms with Crippen LogP contribution in [0.1, 0.15) is 36.8 Å². The molecular weight excluding hydrogens is 430 g/mol. The summed E-state index contributed by atoms with van der Waals surface area (Å²) in [6.07, 6.45) is 3.38. The van der Waals surface area contributed by atoms with E-state index in [1.165, 1.54) is 9.88 Å². The second-order valence-corrected chi connectivity index (χ2v) is 10.0. The van der Waals surface area contributed by atoms with Crippen LogP contribution in [0.2, 0.25) is 0 Å². The van der Waals surface area contributed by atoms with Crippen molar-refractivity contribution in [2.24, 2.45) is 0 Å². The van der Waals surface area contributed by atoms with Crippen LogP contribution in [0.5, 0.6) is 5.75 Å². The van der Waals surface area contributed by atoms with Gasteiger partial charge in [0.1, 0.15) is 11.9 Å². The maximum atomic E-state index is 13.6. The van der Waals surface area contributed by atoms with E-state index in [2.05, 4.69) is 6.08 Å². The molecule has 0 radical (unpaired) electrons. The van der Waals surface area contributed by atoms with Crippen molar-refractivity contribution in [3.8, 4) is 5.75 Å². The molecule has 4 rings (SSSR count). The minimum absolute atomic E-state index is 0.0599. The van der Waals surface area contributed by atoms with E-state index < -0.39 is 22.1 Å². The van der Waals surface area contributed by atoms with Gasteiger partial charge in [-0.25, -0.2) is 8.42 Å². The highest BCUT2D eigenvalue weighted by atomic mass is 32.2. The molecule has 0 aliphatic carbocycles. The number of nitrogens with zero attached hydrogens (tertiary/aromatic N) is 1. The lowest BCUT2D eigenvalue weighted by Gasteiger charge is -2.35. The Morgan fingerprint density at radius 2 is 1.97 bits per heavy atom. The first-order valence-electron chi connectivity index (χ1n) is 10.7. The van der Waals surface area contributed by atoms with Gasteiger partial charge < -0.3 is 14.6 Å². The third-order valence-electron chi connectivity index (χ3n) is 5.68. The van der Waals surface area contributed by atoms with Crippen molar-refractivity contribution in [3.05, 3.63) is 59.2 Å². The van der Waals surface area contributed by atoms with Gasteiger partial charge in [-0.2, -0.15) is 0 Å². The molecule has 2 aliphatic rings. The van der Waals surface area contributed by atoms with Crippen LogP contribution in [0, 0.1) is 6.92 Å². The van der Waals surface area contributed by atoms with E-state index in [4.69, 9.17) is 14.6 Å². The summed E-state index contributed by atoms with van der Waals surface area (Å²) in [5, 5.41) is 9.06. The predicted molar refractivity (Wildman–Crippen MR) is 121 cm³/mol. The molecule has 1 N–H and O–H groups in total. The number of carbonyl (C=O) groups is 1. The van der Waals surface area contributed by atoms with Crippen LogP contribution in [0.15, 0.2) is 52.9 Å². The van der Waals surface area contributed by atoms with Gasteiger partial charge in [0.25, 0.3) is 10.0 Å². The highest BCUT2D eigenvalue weighted by Gasteiger charge is 2.35. The number of fused-ring (bicyclic) bond motifs is 1. The van der Waals surface area contributed by atoms with Crippen LogP contribution < -0.4 is 9.04 Å². The van der Waals surface area contributed by atoms with Crippen LogP contribution in [-0.2, 0) is 19.6 Å². The van der Waals surface area contributed by atoms with E-state index in [1.807, 2.05) is 25.1 Å². The van der Waals surface area contributed by atoms with Gasteiger partial charge in [-0.3, -0.25) is 9.10 Å². The molecule has 2 heterocycles. The Morgan fingerprint density at radius 3 is 2.69 bits per heavy atom. The van der Waals surface area contributed by atoms with E-state index in [-0.39, 0.29) is 24.3 Å². The van der Waals surface area contributed by atoms with Crippen molar-refractivity contribution in [1.29, 1.82) is 0 Å². The van der Waals surface area contributed by atoms with E-state index in [0.717, 1.165) is 24.0 Å². The Balaban J connectivity index is 1.73. The molecule has 0 spiro atoms. The Labute approximate surface area is 188 Å². The van der Waals surface area contributed by atoms with Gasteiger partial charge in [-0.1, -0.05) is 29.8 Å². The second kappa shape index (κ2) is 9.34. The number of ether oxygens (including phenoxy) is 2. The molecule has 7 nitrogen and oxygen atoms in total. The topological polar surface area (TPSA) is 93.1 Å². The first kappa shape index (κ1) is 22.4. The minimum atomic E-state index is -3.85. The fraction of sp³-hybridized carbons (Fsp3) is 0.375. The van der Waals surface area contributed by atoms with Gasteiger partial charge in [0.05, 0.1) is 30.3 Å². The van der Waals surface area contributed by atoms with Crippen LogP contribution in [0.3, 0.4) is 0 Å². The zero-order valence-corrected chi connectivity index (χ0v) is 18.8. The third kappa shape index (κ3) is 4.97. The van der Waals surface area contributed by atoms with Crippen molar-refractivity contribution < 1.29 is 27.8 Å². The van der Waals surface area contributed by atoms with Crippen LogP contribution in [0.4, 0.5) is 5.69 Å². The molecule has 2 aromatic carbocycles. The standard InChI is InChI=1S/C24H27NO6S/c1-17-3-2-4-21(13-17)32(28,29)25-16-20(6-8-24(26)27)31-23-7-5-19(15-22(23)25)14-18-9-11-30-12-10-18/h2-5,7,13-15,20H,6,8-12,16H2,1H3,(H,26,27)/t20-/m0/s1. The molecule has 0 bridgehead atoms. The first-order chi connectivity index (χ1) is 15.3. The molecule has 1 saturated heterocycles. The summed E-state index contributed by atoms with van der Waals surface area (Å²) in [7, 11) is -3.85. The molecule has 2 aliphatic heterocycles. The van der Waals surface area contributed by atoms with Gasteiger partial charge in [0.15, 0.2) is 0 Å². The fourth-order valence-corrected chi connectivity index (χ4v) is 5.60. The third-order valence-corrected chi connectivity index (χ3v) is 7.45. The molecule has 0 saturated carbocycles. The first-order valence-corrected chi connectivity index (χ1v) is 12.2. The summed E-state index contributed by atoms with van der Waals surface area (Å²) in [4.78, 5) is 11.3. The van der Waals surface area contributed by atoms with Crippen LogP contribution in [0.25, 0.3) is 6.08 Å². The number of sulfonamides is 1. The predicted octanol–water partition coefficient (Wildman–Crippen LogP) is 4.01. The lowest BCUT2D eigenvalue weighted by molar-refractivity contribution is -0.137. The highest BCUT2D eigenvalue weighted by Crippen LogP contribution is 2.39. The number of carboxylic acids is 1. The van der Waals surface area contributed by atoms with Crippen LogP contribution >= 0.6 is 0 Å². The van der Waals surface area contributed by atoms with E-state index in [1.54, 1.807) is 24.3 Å². The molecule has 1 atom stereocenters. The average Bonchev–Trinajstić information content (AvgIpc) is 2.78. The van der Waals surface area contributed by atoms with E-state index >= 15 is 0 Å². The summed E-state index contributed by atoms with van der Waals surface area (Å²) in [5.74, 6) is -0.497. The number of carboxylic acid groups (broad SMARTS) is 1. The van der Waals surface area contributed by atoms with Gasteiger partial charge in [0.2, 0.25) is 0 Å². The Hall–Kier alpha value is -2.84. The molecule has 0 aromatic heterocycles. The number of aliphatic carboxylic acids is 1. The summed E-state index contributed by atoms with van der Waals surface area (Å²) >= 11 is 0. The summed E-state index contributed by atoms with van der Waals surface area (Å²) in [6, 6.07) is 12.3. The van der Waals surface area contributed by atoms with Gasteiger partial charge in [-0.05, 0) is 61.6 Å². The van der Waals surface area contributed by atoms with Gasteiger partial charge >= 0.3 is 5.97 Å². The van der Waals surface area contributed by atoms with Crippen molar-refractivity contribution in [1.82, 2.24) is 0 Å². The molecular formula is C24H27NO6S. The molecule has 2 aromatic rings. The molecule has 1 fully saturated rings. The number of rotatable bonds is 6. The lowest BCUT2D eigenvalue weighted by Crippen LogP contribution is -2.43. The number of aryl methyl sites for hydroxylation is 1. The molecule has 170 valence electrons. The molecule has 0 unspecified atom stereocenters. The quantitative estimate of drug-likeness (QED) is 0.705. The molecule has 8 heteroatoms. The van der Waals surface area contributed by atoms with Gasteiger partial charge in [-0.15, -0.1) is 0 Å². The largest absolute Gasteiger partial charge is 0.486 e. The monoisotopic (exact) mass is 457 g/mol. The van der Waals surface area contributed by atoms with Crippen molar-refractivity contribution in [2.75, 3.05) is 24.1 Å². The lowest BCUT2D eigenvalue weighted by atomic mass is 10.0. The maximum Gasteiger partial charge on any atom is 0.303 e. The van der Waals surface area contributed by atoms with Gasteiger partial charge in [0, 0.05) is 6.42 Å². The summed E-state index contributed by atoms with van der Waals surface area (Å²) < 4.78 is 40.0. The van der Waals surface area contributed by atoms with E-state index in [9.17, 15) is 13.2 Å². The normalized spacial score (nSPS) is 18.6. The number of anilines is 1. The zero-order chi connectivity index (χ0) is 22.7. The fourth-order valence-electron chi connectivity index (χ4n) is 4.00. The Morgan fingerprint density at radius 1 is 1.19 bits per heavy atom. The smallest absolute Gasteiger partial charge is 0.303 e. The molecule has 0 amide bonds. The molecule has 32 heavy (non-hydrogen) atoms. The Bertz CT molecular complexity index is 1130. The summed E-state index contributed by atoms with van der Waals surface area (Å²) in [5.41, 5.74) is 3.48. The van der Waals surface area contributed by atoms with Crippen LogP contribution in [-0.4, -0.2) is 45.4 Å². The number of hydrogen-bond acceptors (Lipinski definition) is 5. The summed E-state index contributed by atoms with van der Waals surface area (Å²) in [6.45, 7) is 3.29. The highest BCUT2D eigenvalue weighted by molar-refractivity contribution is 7.92. The second-order valence-electron chi connectivity index (χ2n) is 8.17. The maximum absolute atomic E-state index is 13.6. The average molecular weight is 458 g/mol. The van der Waals surface area contributed by atoms with Crippen molar-refractivity contribution in [3.63, 3.8) is 0 Å². The minimum Gasteiger partial charge on any atom is -0.486 e. The van der Waals surface area contributed by atoms with Crippen molar-refractivity contribution >= 4 is 27.8 Å². The van der Waals surface area contributed by atoms with E-state index in [0.29, 0.717) is 24.7 Å².